The van der Waals surface area contributed by atoms with Gasteiger partial charge in [-0.1, -0.05) is 78.8 Å². The number of alkyl halides is 1. The molecule has 2 nitrogen and oxygen atoms in total. The predicted molar refractivity (Wildman–Crippen MR) is 107 cm³/mol. The van der Waals surface area contributed by atoms with E-state index >= 15 is 0 Å². The van der Waals surface area contributed by atoms with Crippen molar-refractivity contribution in [1.82, 2.24) is 0 Å². The van der Waals surface area contributed by atoms with Crippen LogP contribution in [-0.2, 0) is 9.53 Å². The largest absolute Gasteiger partial charge is 0.461 e. The number of carbonyl (C=O) groups is 1. The molecule has 3 heteroatoms. The molecule has 1 aliphatic rings. The van der Waals surface area contributed by atoms with Crippen molar-refractivity contribution in [2.45, 2.75) is 81.2 Å². The first kappa shape index (κ1) is 20.5. The van der Waals surface area contributed by atoms with Gasteiger partial charge >= 0.3 is 5.97 Å². The second kappa shape index (κ2) is 13.8. The lowest BCUT2D eigenvalue weighted by atomic mass is 10.0. The van der Waals surface area contributed by atoms with E-state index in [2.05, 4.69) is 66.0 Å². The fraction of sp³-hybridized carbons (Fsp3) is 0.650. The highest BCUT2D eigenvalue weighted by Crippen LogP contribution is 2.24. The van der Waals surface area contributed by atoms with Crippen LogP contribution in [0.2, 0.25) is 0 Å². The molecule has 0 aromatic carbocycles. The summed E-state index contributed by atoms with van der Waals surface area (Å²) in [5.74, 6) is -0.0300. The van der Waals surface area contributed by atoms with E-state index < -0.39 is 0 Å². The lowest BCUT2D eigenvalue weighted by Gasteiger charge is -2.25. The first-order valence-electron chi connectivity index (χ1n) is 9.02. The average molecular weight is 430 g/mol. The number of rotatable bonds is 11. The van der Waals surface area contributed by atoms with Crippen LogP contribution in [0, 0.1) is 0 Å². The van der Waals surface area contributed by atoms with Gasteiger partial charge in [0.2, 0.25) is 0 Å². The molecular weight excluding hydrogens is 399 g/mol. The molecule has 1 saturated heterocycles. The molecule has 1 fully saturated rings. The van der Waals surface area contributed by atoms with E-state index in [4.69, 9.17) is 4.74 Å². The van der Waals surface area contributed by atoms with Gasteiger partial charge in [0, 0.05) is 6.42 Å². The van der Waals surface area contributed by atoms with E-state index in [1.807, 2.05) is 0 Å². The van der Waals surface area contributed by atoms with Gasteiger partial charge in [0.25, 0.3) is 0 Å². The van der Waals surface area contributed by atoms with Crippen molar-refractivity contribution < 1.29 is 9.53 Å². The SMILES string of the molecule is CCCCC/C=C\C/C=C\C/C=C\C[C@@H](I)[C@H]1CCCC(=O)O1. The van der Waals surface area contributed by atoms with Crippen molar-refractivity contribution in [2.24, 2.45) is 0 Å². The van der Waals surface area contributed by atoms with Gasteiger partial charge in [-0.3, -0.25) is 4.79 Å². The Bertz CT molecular complexity index is 398. The number of ether oxygens (including phenoxy) is 1. The van der Waals surface area contributed by atoms with Crippen molar-refractivity contribution in [3.05, 3.63) is 36.5 Å². The van der Waals surface area contributed by atoms with E-state index in [1.54, 1.807) is 0 Å². The number of esters is 1. The third-order valence-corrected chi connectivity index (χ3v) is 5.25. The number of carbonyl (C=O) groups excluding carboxylic acids is 1. The van der Waals surface area contributed by atoms with E-state index in [0.717, 1.165) is 32.1 Å². The minimum absolute atomic E-state index is 0.0300. The number of cyclic esters (lactones) is 1. The summed E-state index contributed by atoms with van der Waals surface area (Å²) in [5, 5.41) is 0. The normalized spacial score (nSPS) is 20.6. The highest BCUT2D eigenvalue weighted by Gasteiger charge is 2.25. The van der Waals surface area contributed by atoms with Crippen LogP contribution in [0.15, 0.2) is 36.5 Å². The maximum Gasteiger partial charge on any atom is 0.306 e. The van der Waals surface area contributed by atoms with Gasteiger partial charge in [-0.15, -0.1) is 0 Å². The molecule has 0 aromatic rings. The molecule has 0 radical (unpaired) electrons. The van der Waals surface area contributed by atoms with Gasteiger partial charge in [-0.25, -0.2) is 0 Å². The molecule has 1 heterocycles. The Hall–Kier alpha value is -0.580. The molecule has 1 rings (SSSR count). The number of hydrogen-bond donors (Lipinski definition) is 0. The number of allylic oxidation sites excluding steroid dienone is 6. The molecule has 1 aliphatic heterocycles. The Morgan fingerprint density at radius 3 is 2.52 bits per heavy atom. The fourth-order valence-corrected chi connectivity index (χ4v) is 3.34. The second-order valence-corrected chi connectivity index (χ2v) is 7.65. The van der Waals surface area contributed by atoms with Crippen molar-refractivity contribution in [3.8, 4) is 0 Å². The molecule has 0 aromatic heterocycles. The Balaban J connectivity index is 2.05. The summed E-state index contributed by atoms with van der Waals surface area (Å²) in [6, 6.07) is 0. The lowest BCUT2D eigenvalue weighted by molar-refractivity contribution is -0.153. The number of unbranched alkanes of at least 4 members (excludes halogenated alkanes) is 3. The fourth-order valence-electron chi connectivity index (χ4n) is 2.54. The summed E-state index contributed by atoms with van der Waals surface area (Å²) in [4.78, 5) is 11.3. The van der Waals surface area contributed by atoms with Crippen LogP contribution >= 0.6 is 22.6 Å². The van der Waals surface area contributed by atoms with Crippen LogP contribution in [0.4, 0.5) is 0 Å². The van der Waals surface area contributed by atoms with Crippen LogP contribution in [0.3, 0.4) is 0 Å². The standard InChI is InChI=1S/C20H31IO2/c1-2-3-4-5-6-7-8-9-10-11-12-13-15-18(21)19-16-14-17-20(22)23-19/h6-7,9-10,12-13,18-19H,2-5,8,11,14-17H2,1H3/b7-6-,10-9-,13-12-/t18-,19-/m1/s1. The first-order valence-corrected chi connectivity index (χ1v) is 10.3. The maximum atomic E-state index is 11.3. The molecule has 0 bridgehead atoms. The lowest BCUT2D eigenvalue weighted by Crippen LogP contribution is -2.30. The zero-order valence-corrected chi connectivity index (χ0v) is 16.5. The summed E-state index contributed by atoms with van der Waals surface area (Å²) >= 11 is 2.41. The minimum Gasteiger partial charge on any atom is -0.461 e. The van der Waals surface area contributed by atoms with Crippen LogP contribution < -0.4 is 0 Å². The van der Waals surface area contributed by atoms with Crippen LogP contribution in [0.5, 0.6) is 0 Å². The molecule has 2 atom stereocenters. The van der Waals surface area contributed by atoms with Gasteiger partial charge < -0.3 is 4.74 Å². The van der Waals surface area contributed by atoms with Gasteiger partial charge in [-0.2, -0.15) is 0 Å². The topological polar surface area (TPSA) is 26.3 Å². The molecule has 0 amide bonds. The highest BCUT2D eigenvalue weighted by atomic mass is 127. The van der Waals surface area contributed by atoms with E-state index in [-0.39, 0.29) is 12.1 Å². The summed E-state index contributed by atoms with van der Waals surface area (Å²) < 4.78 is 5.80. The molecule has 0 saturated carbocycles. The molecule has 0 aliphatic carbocycles. The average Bonchev–Trinajstić information content (AvgIpc) is 2.55. The van der Waals surface area contributed by atoms with Crippen molar-refractivity contribution >= 4 is 28.6 Å². The summed E-state index contributed by atoms with van der Waals surface area (Å²) in [7, 11) is 0. The molecule has 23 heavy (non-hydrogen) atoms. The van der Waals surface area contributed by atoms with Gasteiger partial charge in [-0.05, 0) is 44.9 Å². The smallest absolute Gasteiger partial charge is 0.306 e. The number of hydrogen-bond acceptors (Lipinski definition) is 2. The maximum absolute atomic E-state index is 11.3. The zero-order valence-electron chi connectivity index (χ0n) is 14.4. The Morgan fingerprint density at radius 2 is 1.83 bits per heavy atom. The minimum atomic E-state index is -0.0300. The van der Waals surface area contributed by atoms with Crippen molar-refractivity contribution in [2.75, 3.05) is 0 Å². The molecule has 0 spiro atoms. The third-order valence-electron chi connectivity index (χ3n) is 3.94. The molecule has 130 valence electrons. The first-order chi connectivity index (χ1) is 11.2. The molecule has 0 unspecified atom stereocenters. The van der Waals surface area contributed by atoms with E-state index in [0.29, 0.717) is 10.3 Å². The molecular formula is C20H31IO2. The quantitative estimate of drug-likeness (QED) is 0.126. The van der Waals surface area contributed by atoms with E-state index in [1.165, 1.54) is 25.7 Å². The van der Waals surface area contributed by atoms with Crippen molar-refractivity contribution in [1.29, 1.82) is 0 Å². The van der Waals surface area contributed by atoms with Crippen LogP contribution in [-0.4, -0.2) is 16.0 Å². The second-order valence-electron chi connectivity index (χ2n) is 6.05. The van der Waals surface area contributed by atoms with Crippen LogP contribution in [0.25, 0.3) is 0 Å². The van der Waals surface area contributed by atoms with Gasteiger partial charge in [0.1, 0.15) is 6.10 Å². The van der Waals surface area contributed by atoms with Crippen LogP contribution in [0.1, 0.15) is 71.1 Å². The monoisotopic (exact) mass is 430 g/mol. The third kappa shape index (κ3) is 10.7. The Kier molecular flexibility index (Phi) is 12.3. The summed E-state index contributed by atoms with van der Waals surface area (Å²) in [6.45, 7) is 2.24. The highest BCUT2D eigenvalue weighted by molar-refractivity contribution is 14.1. The predicted octanol–water partition coefficient (Wildman–Crippen LogP) is 6.30. The van der Waals surface area contributed by atoms with Gasteiger partial charge in [0.05, 0.1) is 3.92 Å². The Labute approximate surface area is 155 Å². The van der Waals surface area contributed by atoms with Gasteiger partial charge in [0.15, 0.2) is 0 Å². The zero-order chi connectivity index (χ0) is 16.8. The number of halogens is 1. The Morgan fingerprint density at radius 1 is 1.13 bits per heavy atom. The van der Waals surface area contributed by atoms with Crippen molar-refractivity contribution in [3.63, 3.8) is 0 Å². The van der Waals surface area contributed by atoms with E-state index in [9.17, 15) is 4.79 Å². The summed E-state index contributed by atoms with van der Waals surface area (Å²) in [5.41, 5.74) is 0. The summed E-state index contributed by atoms with van der Waals surface area (Å²) in [6.07, 6.45) is 24.2. The molecule has 0 N–H and O–H groups in total.